The van der Waals surface area contributed by atoms with Gasteiger partial charge in [0.2, 0.25) is 10.0 Å². The summed E-state index contributed by atoms with van der Waals surface area (Å²) >= 11 is 0. The van der Waals surface area contributed by atoms with Gasteiger partial charge in [-0.15, -0.1) is 0 Å². The molecule has 4 rings (SSSR count). The summed E-state index contributed by atoms with van der Waals surface area (Å²) in [6, 6.07) is 12.5. The van der Waals surface area contributed by atoms with Gasteiger partial charge in [0.05, 0.1) is 16.4 Å². The van der Waals surface area contributed by atoms with Crippen molar-refractivity contribution in [2.24, 2.45) is 0 Å². The van der Waals surface area contributed by atoms with E-state index in [1.54, 1.807) is 18.2 Å². The van der Waals surface area contributed by atoms with Crippen molar-refractivity contribution in [3.63, 3.8) is 0 Å². The molecule has 3 aromatic rings. The van der Waals surface area contributed by atoms with Crippen molar-refractivity contribution in [2.45, 2.75) is 4.90 Å². The number of hydrogen-bond acceptors (Lipinski definition) is 6. The molecule has 0 saturated heterocycles. The molecule has 1 aliphatic heterocycles. The Morgan fingerprint density at radius 2 is 1.79 bits per heavy atom. The lowest BCUT2D eigenvalue weighted by Gasteiger charge is -2.10. The van der Waals surface area contributed by atoms with Crippen LogP contribution in [0, 0.1) is 10.1 Å². The van der Waals surface area contributed by atoms with Crippen molar-refractivity contribution in [3.05, 3.63) is 75.8 Å². The van der Waals surface area contributed by atoms with E-state index in [0.29, 0.717) is 22.0 Å². The van der Waals surface area contributed by atoms with Crippen molar-refractivity contribution in [2.75, 3.05) is 11.9 Å². The molecule has 0 saturated carbocycles. The van der Waals surface area contributed by atoms with Gasteiger partial charge in [-0.05, 0) is 30.3 Å². The van der Waals surface area contributed by atoms with Crippen LogP contribution in [0.2, 0.25) is 0 Å². The van der Waals surface area contributed by atoms with E-state index in [4.69, 9.17) is 0 Å². The summed E-state index contributed by atoms with van der Waals surface area (Å²) in [6.07, 6.45) is 0. The van der Waals surface area contributed by atoms with Crippen molar-refractivity contribution < 1.29 is 22.9 Å². The van der Waals surface area contributed by atoms with Gasteiger partial charge in [0.25, 0.3) is 11.6 Å². The Balaban J connectivity index is 1.60. The number of carbonyl (C=O) groups is 2. The Morgan fingerprint density at radius 3 is 2.48 bits per heavy atom. The maximum absolute atomic E-state index is 12.8. The number of nitro benzene ring substituents is 1. The fraction of sp³-hybridized carbons (Fsp3) is 0.0526. The van der Waals surface area contributed by atoms with Gasteiger partial charge in [-0.2, -0.15) is 0 Å². The first-order valence-electron chi connectivity index (χ1n) is 8.42. The third kappa shape index (κ3) is 3.24. The number of nitrogens with one attached hydrogen (secondary N) is 2. The average molecular weight is 411 g/mol. The maximum atomic E-state index is 12.8. The summed E-state index contributed by atoms with van der Waals surface area (Å²) in [6.45, 7) is -0.514. The van der Waals surface area contributed by atoms with Gasteiger partial charge < -0.3 is 5.32 Å². The van der Waals surface area contributed by atoms with E-state index in [1.807, 2.05) is 0 Å². The average Bonchev–Trinajstić information content (AvgIpc) is 3.04. The zero-order valence-electron chi connectivity index (χ0n) is 14.7. The van der Waals surface area contributed by atoms with Crippen molar-refractivity contribution in [3.8, 4) is 0 Å². The van der Waals surface area contributed by atoms with Crippen LogP contribution in [0.4, 0.5) is 11.4 Å². The Morgan fingerprint density at radius 1 is 1.07 bits per heavy atom. The van der Waals surface area contributed by atoms with E-state index in [1.165, 1.54) is 36.4 Å². The summed E-state index contributed by atoms with van der Waals surface area (Å²) < 4.78 is 27.8. The molecule has 0 fully saturated rings. The van der Waals surface area contributed by atoms with Gasteiger partial charge in [0.1, 0.15) is 0 Å². The van der Waals surface area contributed by atoms with Crippen LogP contribution in [-0.4, -0.2) is 31.6 Å². The van der Waals surface area contributed by atoms with Crippen molar-refractivity contribution in [1.29, 1.82) is 0 Å². The molecule has 3 aromatic carbocycles. The highest BCUT2D eigenvalue weighted by Gasteiger charge is 2.26. The van der Waals surface area contributed by atoms with Crippen LogP contribution < -0.4 is 10.0 Å². The molecule has 146 valence electrons. The zero-order chi connectivity index (χ0) is 20.8. The lowest BCUT2D eigenvalue weighted by Crippen LogP contribution is -2.29. The highest BCUT2D eigenvalue weighted by Crippen LogP contribution is 2.36. The smallest absolute Gasteiger partial charge is 0.269 e. The zero-order valence-corrected chi connectivity index (χ0v) is 15.5. The molecule has 10 heteroatoms. The summed E-state index contributed by atoms with van der Waals surface area (Å²) in [7, 11) is -4.05. The van der Waals surface area contributed by atoms with Crippen LogP contribution in [0.3, 0.4) is 0 Å². The Hall–Kier alpha value is -3.63. The molecular formula is C19H13N3O6S. The van der Waals surface area contributed by atoms with Gasteiger partial charge in [0.15, 0.2) is 5.78 Å². The molecule has 2 N–H and O–H groups in total. The number of hydrogen-bond donors (Lipinski definition) is 2. The number of rotatable bonds is 6. The number of anilines is 1. The second-order valence-electron chi connectivity index (χ2n) is 6.35. The first kappa shape index (κ1) is 18.7. The first-order chi connectivity index (χ1) is 13.8. The minimum absolute atomic E-state index is 0.0499. The van der Waals surface area contributed by atoms with E-state index in [2.05, 4.69) is 10.0 Å². The summed E-state index contributed by atoms with van der Waals surface area (Å²) in [4.78, 5) is 34.3. The van der Waals surface area contributed by atoms with Crippen LogP contribution in [0.15, 0.2) is 59.5 Å². The first-order valence-corrected chi connectivity index (χ1v) is 9.90. The molecule has 0 aromatic heterocycles. The summed E-state index contributed by atoms with van der Waals surface area (Å²) in [5, 5.41) is 14.2. The molecule has 1 amide bonds. The Kier molecular flexibility index (Phi) is 4.36. The predicted octanol–water partition coefficient (Wildman–Crippen LogP) is 2.47. The van der Waals surface area contributed by atoms with E-state index < -0.39 is 27.3 Å². The molecule has 0 spiro atoms. The number of non-ortho nitro benzene ring substituents is 1. The number of carbonyl (C=O) groups excluding carboxylic acids is 2. The Bertz CT molecular complexity index is 1300. The SMILES string of the molecule is O=C(CNS(=O)(=O)c1ccc2c3c(cccc13)C(=O)N2)c1ccc([N+](=O)[O-])cc1. The topological polar surface area (TPSA) is 135 Å². The monoisotopic (exact) mass is 411 g/mol. The van der Waals surface area contributed by atoms with Crippen LogP contribution in [-0.2, 0) is 10.0 Å². The van der Waals surface area contributed by atoms with Gasteiger partial charge in [-0.3, -0.25) is 19.7 Å². The highest BCUT2D eigenvalue weighted by molar-refractivity contribution is 7.89. The van der Waals surface area contributed by atoms with Crippen LogP contribution in [0.1, 0.15) is 20.7 Å². The fourth-order valence-electron chi connectivity index (χ4n) is 3.21. The molecule has 0 radical (unpaired) electrons. The van der Waals surface area contributed by atoms with Gasteiger partial charge >= 0.3 is 0 Å². The van der Waals surface area contributed by atoms with Gasteiger partial charge in [-0.1, -0.05) is 12.1 Å². The lowest BCUT2D eigenvalue weighted by atomic mass is 10.1. The van der Waals surface area contributed by atoms with Crippen molar-refractivity contribution in [1.82, 2.24) is 4.72 Å². The lowest BCUT2D eigenvalue weighted by molar-refractivity contribution is -0.384. The number of Topliss-reactive ketones (excluding diaryl/α,β-unsaturated/α-hetero) is 1. The highest BCUT2D eigenvalue weighted by atomic mass is 32.2. The van der Waals surface area contributed by atoms with Crippen LogP contribution >= 0.6 is 0 Å². The molecule has 0 bridgehead atoms. The van der Waals surface area contributed by atoms with Gasteiger partial charge in [0, 0.05) is 39.7 Å². The predicted molar refractivity (Wildman–Crippen MR) is 105 cm³/mol. The Labute approximate surface area is 164 Å². The van der Waals surface area contributed by atoms with E-state index in [0.717, 1.165) is 0 Å². The molecule has 0 unspecified atom stereocenters. The largest absolute Gasteiger partial charge is 0.321 e. The number of ketones is 1. The third-order valence-electron chi connectivity index (χ3n) is 4.61. The number of amides is 1. The standard InChI is InChI=1S/C19H13N3O6S/c23-16(11-4-6-12(7-5-11)22(25)26)10-20-29(27,28)17-9-8-15-18-13(17)2-1-3-14(18)19(24)21-15/h1-9,20H,10H2,(H,21,24). The van der Waals surface area contributed by atoms with E-state index in [-0.39, 0.29) is 22.1 Å². The second-order valence-corrected chi connectivity index (χ2v) is 8.08. The van der Waals surface area contributed by atoms with Crippen LogP contribution in [0.25, 0.3) is 10.8 Å². The number of benzene rings is 3. The molecule has 29 heavy (non-hydrogen) atoms. The van der Waals surface area contributed by atoms with E-state index >= 15 is 0 Å². The minimum Gasteiger partial charge on any atom is -0.321 e. The van der Waals surface area contributed by atoms with Gasteiger partial charge in [-0.25, -0.2) is 13.1 Å². The third-order valence-corrected chi connectivity index (χ3v) is 6.07. The molecule has 0 atom stereocenters. The molecule has 1 heterocycles. The summed E-state index contributed by atoms with van der Waals surface area (Å²) in [5.74, 6) is -0.840. The second kappa shape index (κ2) is 6.76. The quantitative estimate of drug-likeness (QED) is 0.363. The molecular weight excluding hydrogens is 398 g/mol. The fourth-order valence-corrected chi connectivity index (χ4v) is 4.39. The van der Waals surface area contributed by atoms with E-state index in [9.17, 15) is 28.1 Å². The number of nitrogens with zero attached hydrogens (tertiary/aromatic N) is 1. The normalized spacial score (nSPS) is 12.8. The minimum atomic E-state index is -4.05. The number of nitro groups is 1. The van der Waals surface area contributed by atoms with Crippen LogP contribution in [0.5, 0.6) is 0 Å². The van der Waals surface area contributed by atoms with Crippen molar-refractivity contribution >= 4 is 43.9 Å². The maximum Gasteiger partial charge on any atom is 0.269 e. The molecule has 9 nitrogen and oxygen atoms in total. The number of sulfonamides is 1. The molecule has 1 aliphatic rings. The summed E-state index contributed by atoms with van der Waals surface area (Å²) in [5.41, 5.74) is 0.893. The molecule has 0 aliphatic carbocycles.